The summed E-state index contributed by atoms with van der Waals surface area (Å²) in [6, 6.07) is 4.25. The topological polar surface area (TPSA) is 51.6 Å². The molecule has 0 amide bonds. The summed E-state index contributed by atoms with van der Waals surface area (Å²) in [6.45, 7) is 0. The number of hydrogen-bond donors (Lipinski definition) is 0. The van der Waals surface area contributed by atoms with Crippen molar-refractivity contribution in [1.29, 1.82) is 0 Å². The third-order valence-electron chi connectivity index (χ3n) is 2.77. The fourth-order valence-corrected chi connectivity index (χ4v) is 4.83. The number of nitrogens with zero attached hydrogens (tertiary/aromatic N) is 4. The second kappa shape index (κ2) is 4.15. The molecule has 18 heavy (non-hydrogen) atoms. The maximum absolute atomic E-state index is 4.42. The van der Waals surface area contributed by atoms with E-state index >= 15 is 0 Å². The molecule has 2 aromatic heterocycles. The van der Waals surface area contributed by atoms with Gasteiger partial charge in [-0.15, -0.1) is 0 Å². The number of benzene rings is 2. The highest BCUT2D eigenvalue weighted by Gasteiger charge is 2.15. The number of fused-ring (bicyclic) bond motifs is 5. The first-order valence-electron chi connectivity index (χ1n) is 4.91. The van der Waals surface area contributed by atoms with Crippen molar-refractivity contribution in [2.45, 2.75) is 0 Å². The Morgan fingerprint density at radius 3 is 1.50 bits per heavy atom. The predicted octanol–water partition coefficient (Wildman–Crippen LogP) is 4.06. The maximum Gasteiger partial charge on any atom is 0.118 e. The largest absolute Gasteiger partial charge is 0.172 e. The standard InChI is InChI=1S/C10H2I2N4S2/c11-5-1-3-4(8-9(5)15-18-14-8)2-6(12)10-7(3)13-17-16-10/h1-2H. The van der Waals surface area contributed by atoms with Crippen LogP contribution >= 0.6 is 68.6 Å². The summed E-state index contributed by atoms with van der Waals surface area (Å²) in [4.78, 5) is 0. The lowest BCUT2D eigenvalue weighted by Crippen LogP contribution is -1.85. The molecule has 4 nitrogen and oxygen atoms in total. The predicted molar refractivity (Wildman–Crippen MR) is 91.3 cm³/mol. The van der Waals surface area contributed by atoms with E-state index in [0.29, 0.717) is 0 Å². The Labute approximate surface area is 137 Å². The van der Waals surface area contributed by atoms with Crippen LogP contribution in [0.15, 0.2) is 12.1 Å². The zero-order valence-electron chi connectivity index (χ0n) is 8.52. The highest BCUT2D eigenvalue weighted by molar-refractivity contribution is 14.1. The maximum atomic E-state index is 4.42. The molecule has 0 fully saturated rings. The molecular formula is C10H2I2N4S2. The van der Waals surface area contributed by atoms with Crippen LogP contribution in [-0.4, -0.2) is 17.5 Å². The summed E-state index contributed by atoms with van der Waals surface area (Å²) in [6.07, 6.45) is 0. The van der Waals surface area contributed by atoms with Gasteiger partial charge in [0.15, 0.2) is 0 Å². The first kappa shape index (κ1) is 11.6. The van der Waals surface area contributed by atoms with Crippen molar-refractivity contribution < 1.29 is 0 Å². The van der Waals surface area contributed by atoms with E-state index in [2.05, 4.69) is 74.8 Å². The van der Waals surface area contributed by atoms with Crippen molar-refractivity contribution >= 4 is 101 Å². The van der Waals surface area contributed by atoms with Gasteiger partial charge in [0.1, 0.15) is 22.1 Å². The molecule has 8 heteroatoms. The third kappa shape index (κ3) is 1.51. The fraction of sp³-hybridized carbons (Fsp3) is 0. The molecule has 0 spiro atoms. The molecule has 0 aliphatic rings. The molecule has 0 radical (unpaired) electrons. The summed E-state index contributed by atoms with van der Waals surface area (Å²) < 4.78 is 19.8. The highest BCUT2D eigenvalue weighted by Crippen LogP contribution is 2.34. The number of hydrogen-bond acceptors (Lipinski definition) is 6. The molecule has 88 valence electrons. The Morgan fingerprint density at radius 1 is 0.667 bits per heavy atom. The lowest BCUT2D eigenvalue weighted by atomic mass is 10.1. The molecule has 0 atom stereocenters. The molecule has 2 aromatic carbocycles. The Balaban J connectivity index is 2.40. The van der Waals surface area contributed by atoms with E-state index in [0.717, 1.165) is 40.0 Å². The molecule has 0 aliphatic heterocycles. The SMILES string of the molecule is Ic1cc2c(cc(I)c3nsnc32)c2nsnc12. The number of halogens is 2. The average Bonchev–Trinajstić information content (AvgIpc) is 2.98. The second-order valence-electron chi connectivity index (χ2n) is 3.73. The zero-order valence-corrected chi connectivity index (χ0v) is 14.5. The lowest BCUT2D eigenvalue weighted by Gasteiger charge is -2.02. The monoisotopic (exact) mass is 496 g/mol. The average molecular weight is 496 g/mol. The van der Waals surface area contributed by atoms with Crippen molar-refractivity contribution in [2.24, 2.45) is 0 Å². The summed E-state index contributed by atoms with van der Waals surface area (Å²) in [5.41, 5.74) is 3.89. The van der Waals surface area contributed by atoms with Crippen LogP contribution < -0.4 is 0 Å². The van der Waals surface area contributed by atoms with Crippen LogP contribution in [0.1, 0.15) is 0 Å². The van der Waals surface area contributed by atoms with Gasteiger partial charge < -0.3 is 0 Å². The quantitative estimate of drug-likeness (QED) is 0.345. The zero-order chi connectivity index (χ0) is 12.3. The van der Waals surface area contributed by atoms with Gasteiger partial charge in [0.05, 0.1) is 23.5 Å². The Kier molecular flexibility index (Phi) is 2.68. The first-order valence-corrected chi connectivity index (χ1v) is 8.53. The Hall–Kier alpha value is -0.200. The summed E-state index contributed by atoms with van der Waals surface area (Å²) in [5.74, 6) is 0. The molecular weight excluding hydrogens is 494 g/mol. The van der Waals surface area contributed by atoms with E-state index < -0.39 is 0 Å². The summed E-state index contributed by atoms with van der Waals surface area (Å²) in [7, 11) is 0. The van der Waals surface area contributed by atoms with Gasteiger partial charge in [0, 0.05) is 17.9 Å². The van der Waals surface area contributed by atoms with Crippen LogP contribution in [0, 0.1) is 7.14 Å². The molecule has 4 aromatic rings. The molecule has 0 saturated carbocycles. The van der Waals surface area contributed by atoms with Crippen LogP contribution in [0.2, 0.25) is 0 Å². The molecule has 0 saturated heterocycles. The minimum absolute atomic E-state index is 0.967. The van der Waals surface area contributed by atoms with Gasteiger partial charge in [-0.3, -0.25) is 0 Å². The smallest absolute Gasteiger partial charge is 0.118 e. The Bertz CT molecular complexity index is 839. The van der Waals surface area contributed by atoms with E-state index in [4.69, 9.17) is 0 Å². The van der Waals surface area contributed by atoms with Crippen LogP contribution in [0.4, 0.5) is 0 Å². The summed E-state index contributed by atoms with van der Waals surface area (Å²) in [5, 5.41) is 2.23. The van der Waals surface area contributed by atoms with Gasteiger partial charge in [0.25, 0.3) is 0 Å². The summed E-state index contributed by atoms with van der Waals surface area (Å²) >= 11 is 7.11. The van der Waals surface area contributed by atoms with E-state index in [1.54, 1.807) is 0 Å². The molecule has 0 N–H and O–H groups in total. The van der Waals surface area contributed by atoms with Crippen LogP contribution in [-0.2, 0) is 0 Å². The van der Waals surface area contributed by atoms with Crippen molar-refractivity contribution in [3.05, 3.63) is 19.3 Å². The van der Waals surface area contributed by atoms with Crippen LogP contribution in [0.5, 0.6) is 0 Å². The third-order valence-corrected chi connectivity index (χ3v) is 5.47. The Morgan fingerprint density at radius 2 is 1.06 bits per heavy atom. The van der Waals surface area contributed by atoms with Gasteiger partial charge >= 0.3 is 0 Å². The van der Waals surface area contributed by atoms with Crippen LogP contribution in [0.3, 0.4) is 0 Å². The molecule has 2 heterocycles. The minimum Gasteiger partial charge on any atom is -0.172 e. The normalized spacial score (nSPS) is 11.9. The van der Waals surface area contributed by atoms with Crippen LogP contribution in [0.25, 0.3) is 32.8 Å². The van der Waals surface area contributed by atoms with Crippen molar-refractivity contribution in [2.75, 3.05) is 0 Å². The first-order chi connectivity index (χ1) is 8.75. The minimum atomic E-state index is 0.967. The molecule has 0 bridgehead atoms. The molecule has 0 unspecified atom stereocenters. The van der Waals surface area contributed by atoms with Crippen molar-refractivity contribution in [3.8, 4) is 0 Å². The molecule has 0 aliphatic carbocycles. The number of aromatic nitrogens is 4. The van der Waals surface area contributed by atoms with E-state index in [-0.39, 0.29) is 0 Å². The highest BCUT2D eigenvalue weighted by atomic mass is 127. The van der Waals surface area contributed by atoms with Gasteiger partial charge in [-0.05, 0) is 57.3 Å². The van der Waals surface area contributed by atoms with Gasteiger partial charge in [0.2, 0.25) is 0 Å². The second-order valence-corrected chi connectivity index (χ2v) is 7.12. The van der Waals surface area contributed by atoms with E-state index in [1.807, 2.05) is 0 Å². The van der Waals surface area contributed by atoms with Crippen molar-refractivity contribution in [3.63, 3.8) is 0 Å². The van der Waals surface area contributed by atoms with Gasteiger partial charge in [-0.25, -0.2) is 0 Å². The lowest BCUT2D eigenvalue weighted by molar-refractivity contribution is 1.61. The van der Waals surface area contributed by atoms with Gasteiger partial charge in [-0.1, -0.05) is 0 Å². The van der Waals surface area contributed by atoms with E-state index in [1.165, 1.54) is 23.5 Å². The molecule has 4 rings (SSSR count). The fourth-order valence-electron chi connectivity index (χ4n) is 1.98. The number of rotatable bonds is 0. The van der Waals surface area contributed by atoms with Gasteiger partial charge in [-0.2, -0.15) is 17.5 Å². The van der Waals surface area contributed by atoms with E-state index in [9.17, 15) is 0 Å². The van der Waals surface area contributed by atoms with Crippen molar-refractivity contribution in [1.82, 2.24) is 17.5 Å².